The highest BCUT2D eigenvalue weighted by Gasteiger charge is 2.45. The van der Waals surface area contributed by atoms with Crippen LogP contribution in [0.25, 0.3) is 10.9 Å². The molecule has 2 aromatic rings. The van der Waals surface area contributed by atoms with Gasteiger partial charge in [0.05, 0.1) is 12.6 Å². The van der Waals surface area contributed by atoms with Gasteiger partial charge < -0.3 is 30.1 Å². The lowest BCUT2D eigenvalue weighted by Gasteiger charge is -2.39. The van der Waals surface area contributed by atoms with Crippen LogP contribution in [0.3, 0.4) is 0 Å². The standard InChI is InChI=1S/C34H49N5O7/c1-20(2)25(16-21(3)30(44)36-18-27(41)42)38(10)26(40)17-35-31(45)28(39(11)32(46)29(43)33(4,5)6)34(7,8)23-19-37(9)24-15-13-12-14-22(23)24/h12-16,19-20,25,28H,17-18H2,1-11H3,(H,35,45)(H,36,44)(H,41,42). The van der Waals surface area contributed by atoms with Gasteiger partial charge in [-0.1, -0.05) is 72.7 Å². The molecule has 3 N–H and O–H groups in total. The number of carboxylic acids is 1. The fraction of sp³-hybridized carbons (Fsp3) is 0.529. The SMILES string of the molecule is CC(=CC(C(C)C)N(C)C(=O)CNC(=O)C(N(C)C(=O)C(=O)C(C)(C)C)C(C)(C)c1cn(C)c2ccccc12)C(=O)NCC(=O)O. The van der Waals surface area contributed by atoms with E-state index in [-0.39, 0.29) is 11.5 Å². The Hall–Kier alpha value is -4.48. The average Bonchev–Trinajstić information content (AvgIpc) is 3.32. The second kappa shape index (κ2) is 14.7. The van der Waals surface area contributed by atoms with Crippen LogP contribution in [0.15, 0.2) is 42.1 Å². The van der Waals surface area contributed by atoms with E-state index in [4.69, 9.17) is 5.11 Å². The Kier molecular flexibility index (Phi) is 12.1. The molecule has 0 spiro atoms. The molecule has 0 aliphatic heterocycles. The summed E-state index contributed by atoms with van der Waals surface area (Å²) < 4.78 is 1.94. The molecule has 1 heterocycles. The fourth-order valence-corrected chi connectivity index (χ4v) is 5.52. The minimum absolute atomic E-state index is 0.128. The van der Waals surface area contributed by atoms with Crippen LogP contribution in [-0.2, 0) is 41.2 Å². The maximum Gasteiger partial charge on any atom is 0.322 e. The highest BCUT2D eigenvalue weighted by molar-refractivity contribution is 6.38. The van der Waals surface area contributed by atoms with Crippen LogP contribution in [0, 0.1) is 11.3 Å². The van der Waals surface area contributed by atoms with E-state index in [0.29, 0.717) is 0 Å². The second-order valence-electron chi connectivity index (χ2n) is 13.7. The van der Waals surface area contributed by atoms with Crippen LogP contribution in [0.5, 0.6) is 0 Å². The molecule has 2 atom stereocenters. The van der Waals surface area contributed by atoms with Gasteiger partial charge in [0.1, 0.15) is 12.6 Å². The van der Waals surface area contributed by atoms with Crippen molar-refractivity contribution in [3.63, 3.8) is 0 Å². The number of nitrogens with one attached hydrogen (secondary N) is 2. The molecule has 12 heteroatoms. The highest BCUT2D eigenvalue weighted by Crippen LogP contribution is 2.36. The summed E-state index contributed by atoms with van der Waals surface area (Å²) in [6.45, 7) is 12.9. The molecule has 1 aromatic heterocycles. The van der Waals surface area contributed by atoms with Crippen molar-refractivity contribution >= 4 is 46.3 Å². The fourth-order valence-electron chi connectivity index (χ4n) is 5.52. The smallest absolute Gasteiger partial charge is 0.322 e. The number of carbonyl (C=O) groups is 6. The number of carbonyl (C=O) groups excluding carboxylic acids is 5. The molecule has 2 rings (SSSR count). The molecule has 1 aromatic carbocycles. The molecule has 4 amide bonds. The van der Waals surface area contributed by atoms with Gasteiger partial charge in [-0.3, -0.25) is 28.8 Å². The third kappa shape index (κ3) is 8.61. The molecule has 0 saturated carbocycles. The average molecular weight is 640 g/mol. The Labute approximate surface area is 271 Å². The maximum absolute atomic E-state index is 14.0. The lowest BCUT2D eigenvalue weighted by Crippen LogP contribution is -2.59. The molecule has 0 fully saturated rings. The predicted molar refractivity (Wildman–Crippen MR) is 176 cm³/mol. The van der Waals surface area contributed by atoms with E-state index in [0.717, 1.165) is 21.4 Å². The minimum atomic E-state index is -1.18. The predicted octanol–water partition coefficient (Wildman–Crippen LogP) is 2.64. The number of Topliss-reactive ketones (excluding diaryl/α,β-unsaturated/α-hetero) is 1. The summed E-state index contributed by atoms with van der Waals surface area (Å²) in [6.07, 6.45) is 3.49. The van der Waals surface area contributed by atoms with Crippen molar-refractivity contribution < 1.29 is 33.9 Å². The Morgan fingerprint density at radius 1 is 0.935 bits per heavy atom. The first-order valence-electron chi connectivity index (χ1n) is 15.2. The van der Waals surface area contributed by atoms with E-state index in [9.17, 15) is 28.8 Å². The maximum atomic E-state index is 14.0. The third-order valence-electron chi connectivity index (χ3n) is 8.22. The van der Waals surface area contributed by atoms with Crippen molar-refractivity contribution in [2.75, 3.05) is 27.2 Å². The summed E-state index contributed by atoms with van der Waals surface area (Å²) in [7, 11) is 4.86. The van der Waals surface area contributed by atoms with E-state index < -0.39 is 71.4 Å². The quantitative estimate of drug-likeness (QED) is 0.225. The molecule has 0 bridgehead atoms. The number of aliphatic carboxylic acids is 1. The molecule has 0 radical (unpaired) electrons. The molecule has 0 aliphatic rings. The van der Waals surface area contributed by atoms with Gasteiger partial charge in [0.25, 0.3) is 5.91 Å². The van der Waals surface area contributed by atoms with Crippen LogP contribution in [0.1, 0.15) is 61.0 Å². The van der Waals surface area contributed by atoms with Crippen LogP contribution in [0.4, 0.5) is 0 Å². The molecule has 0 saturated heterocycles. The summed E-state index contributed by atoms with van der Waals surface area (Å²) in [4.78, 5) is 79.7. The molecule has 0 aliphatic carbocycles. The van der Waals surface area contributed by atoms with Crippen LogP contribution in [0.2, 0.25) is 0 Å². The minimum Gasteiger partial charge on any atom is -0.480 e. The zero-order chi connectivity index (χ0) is 35.3. The Balaban J connectivity index is 2.43. The number of likely N-dealkylation sites (N-methyl/N-ethyl adjacent to an activating group) is 2. The summed E-state index contributed by atoms with van der Waals surface area (Å²) in [5.74, 6) is -4.41. The number of ketones is 1. The highest BCUT2D eigenvalue weighted by atomic mass is 16.4. The van der Waals surface area contributed by atoms with Gasteiger partial charge in [-0.15, -0.1) is 0 Å². The van der Waals surface area contributed by atoms with Gasteiger partial charge in [0.15, 0.2) is 0 Å². The molecule has 46 heavy (non-hydrogen) atoms. The van der Waals surface area contributed by atoms with E-state index in [2.05, 4.69) is 10.6 Å². The molecule has 252 valence electrons. The zero-order valence-electron chi connectivity index (χ0n) is 28.8. The number of hydrogen-bond donors (Lipinski definition) is 3. The number of amides is 4. The van der Waals surface area contributed by atoms with E-state index in [1.54, 1.807) is 33.9 Å². The first-order valence-corrected chi connectivity index (χ1v) is 15.2. The normalized spacial score (nSPS) is 13.6. The van der Waals surface area contributed by atoms with Crippen molar-refractivity contribution in [2.45, 2.75) is 72.9 Å². The summed E-state index contributed by atoms with van der Waals surface area (Å²) in [5, 5.41) is 14.7. The number of benzene rings is 1. The monoisotopic (exact) mass is 639 g/mol. The van der Waals surface area contributed by atoms with Gasteiger partial charge in [-0.25, -0.2) is 0 Å². The van der Waals surface area contributed by atoms with E-state index in [1.807, 2.05) is 69.8 Å². The van der Waals surface area contributed by atoms with Gasteiger partial charge in [0.2, 0.25) is 23.5 Å². The topological polar surface area (TPSA) is 158 Å². The number of aryl methyl sites for hydroxylation is 1. The van der Waals surface area contributed by atoms with Crippen molar-refractivity contribution in [1.29, 1.82) is 0 Å². The van der Waals surface area contributed by atoms with E-state index >= 15 is 0 Å². The summed E-state index contributed by atoms with van der Waals surface area (Å²) >= 11 is 0. The first-order chi connectivity index (χ1) is 21.1. The van der Waals surface area contributed by atoms with Gasteiger partial charge in [-0.2, -0.15) is 0 Å². The van der Waals surface area contributed by atoms with Crippen LogP contribution >= 0.6 is 0 Å². The molecule has 12 nitrogen and oxygen atoms in total. The molecular weight excluding hydrogens is 590 g/mol. The van der Waals surface area contributed by atoms with Crippen LogP contribution < -0.4 is 10.6 Å². The largest absolute Gasteiger partial charge is 0.480 e. The number of fused-ring (bicyclic) bond motifs is 1. The van der Waals surface area contributed by atoms with Gasteiger partial charge >= 0.3 is 5.97 Å². The van der Waals surface area contributed by atoms with Crippen molar-refractivity contribution in [3.8, 4) is 0 Å². The number of rotatable bonds is 13. The zero-order valence-corrected chi connectivity index (χ0v) is 28.8. The summed E-state index contributed by atoms with van der Waals surface area (Å²) in [6, 6.07) is 5.97. The first kappa shape index (κ1) is 37.7. The lowest BCUT2D eigenvalue weighted by atomic mass is 9.76. The van der Waals surface area contributed by atoms with Crippen molar-refractivity contribution in [2.24, 2.45) is 18.4 Å². The third-order valence-corrected chi connectivity index (χ3v) is 8.22. The number of hydrogen-bond acceptors (Lipinski definition) is 6. The van der Waals surface area contributed by atoms with Crippen LogP contribution in [-0.4, -0.2) is 94.1 Å². The molecule has 2 unspecified atom stereocenters. The number of carboxylic acid groups (broad SMARTS) is 1. The Morgan fingerprint density at radius 2 is 1.52 bits per heavy atom. The van der Waals surface area contributed by atoms with Crippen molar-refractivity contribution in [1.82, 2.24) is 25.0 Å². The molecular formula is C34H49N5O7. The second-order valence-corrected chi connectivity index (χ2v) is 13.7. The number of nitrogens with zero attached hydrogens (tertiary/aromatic N) is 3. The Bertz CT molecular complexity index is 1530. The van der Waals surface area contributed by atoms with Gasteiger partial charge in [0, 0.05) is 54.6 Å². The number of para-hydroxylation sites is 1. The lowest BCUT2D eigenvalue weighted by molar-refractivity contribution is -0.152. The number of aromatic nitrogens is 1. The summed E-state index contributed by atoms with van der Waals surface area (Å²) in [5.41, 5.74) is -0.0214. The van der Waals surface area contributed by atoms with E-state index in [1.165, 1.54) is 18.9 Å². The van der Waals surface area contributed by atoms with Crippen molar-refractivity contribution in [3.05, 3.63) is 47.7 Å². The Morgan fingerprint density at radius 3 is 2.07 bits per heavy atom. The van der Waals surface area contributed by atoms with Gasteiger partial charge in [-0.05, 0) is 24.5 Å².